The first-order valence-electron chi connectivity index (χ1n) is 12.4. The maximum absolute atomic E-state index is 13.8. The van der Waals surface area contributed by atoms with Gasteiger partial charge in [0.15, 0.2) is 0 Å². The van der Waals surface area contributed by atoms with Crippen LogP contribution in [0.2, 0.25) is 0 Å². The highest BCUT2D eigenvalue weighted by Crippen LogP contribution is 2.45. The van der Waals surface area contributed by atoms with Crippen LogP contribution in [0.3, 0.4) is 0 Å². The summed E-state index contributed by atoms with van der Waals surface area (Å²) in [6.45, 7) is 1.01. The minimum Gasteiger partial charge on any atom is -0.497 e. The van der Waals surface area contributed by atoms with E-state index >= 15 is 0 Å². The number of nitrogens with zero attached hydrogens (tertiary/aromatic N) is 2. The lowest BCUT2D eigenvalue weighted by Crippen LogP contribution is -2.45. The molecule has 0 radical (unpaired) electrons. The molecule has 1 saturated carbocycles. The number of fused-ring (bicyclic) bond motifs is 3. The van der Waals surface area contributed by atoms with Gasteiger partial charge in [-0.05, 0) is 48.7 Å². The van der Waals surface area contributed by atoms with Crippen molar-refractivity contribution in [2.45, 2.75) is 50.1 Å². The lowest BCUT2D eigenvalue weighted by molar-refractivity contribution is -0.143. The molecule has 0 spiro atoms. The number of hydrogen-bond donors (Lipinski definition) is 1. The van der Waals surface area contributed by atoms with Gasteiger partial charge in [0, 0.05) is 60.6 Å². The Morgan fingerprint density at radius 3 is 2.47 bits per heavy atom. The standard InChI is InChI=1S/C28H29N3O5/c1-35-19-7-3-17(4-8-19)28(15-26(33)31(27(28)34)18-5-6-18)14-25(32)30-12-11-24-22(16-30)21-13-20(36-2)9-10-23(21)29-24/h3-4,7-10,13,18,29H,5-6,11-12,14-16H2,1-2H3. The van der Waals surface area contributed by atoms with E-state index in [-0.39, 0.29) is 36.6 Å². The van der Waals surface area contributed by atoms with Gasteiger partial charge < -0.3 is 19.4 Å². The Hall–Kier alpha value is -3.81. The average Bonchev–Trinajstić information content (AvgIpc) is 3.61. The molecule has 2 aromatic carbocycles. The molecular formula is C28H29N3O5. The number of carbonyl (C=O) groups excluding carboxylic acids is 3. The second-order valence-electron chi connectivity index (χ2n) is 10.0. The maximum Gasteiger partial charge on any atom is 0.241 e. The molecule has 1 aliphatic carbocycles. The SMILES string of the molecule is COc1ccc(C2(CC(=O)N3CCc4[nH]c5ccc(OC)cc5c4C3)CC(=O)N(C3CC3)C2=O)cc1. The number of imide groups is 1. The van der Waals surface area contributed by atoms with Crippen molar-refractivity contribution >= 4 is 28.6 Å². The number of methoxy groups -OCH3 is 2. The van der Waals surface area contributed by atoms with Gasteiger partial charge in [0.2, 0.25) is 17.7 Å². The van der Waals surface area contributed by atoms with Crippen molar-refractivity contribution in [3.05, 3.63) is 59.3 Å². The smallest absolute Gasteiger partial charge is 0.241 e. The number of amides is 3. The number of hydrogen-bond acceptors (Lipinski definition) is 5. The first-order valence-corrected chi connectivity index (χ1v) is 12.4. The summed E-state index contributed by atoms with van der Waals surface area (Å²) in [6.07, 6.45) is 2.36. The Labute approximate surface area is 209 Å². The summed E-state index contributed by atoms with van der Waals surface area (Å²) in [6, 6.07) is 13.1. The van der Waals surface area contributed by atoms with Crippen LogP contribution in [-0.4, -0.2) is 59.3 Å². The summed E-state index contributed by atoms with van der Waals surface area (Å²) >= 11 is 0. The van der Waals surface area contributed by atoms with Crippen LogP contribution < -0.4 is 9.47 Å². The van der Waals surface area contributed by atoms with Gasteiger partial charge in [0.25, 0.3) is 0 Å². The van der Waals surface area contributed by atoms with Crippen molar-refractivity contribution in [1.82, 2.24) is 14.8 Å². The second-order valence-corrected chi connectivity index (χ2v) is 10.0. The molecule has 1 saturated heterocycles. The van der Waals surface area contributed by atoms with E-state index < -0.39 is 5.41 Å². The predicted molar refractivity (Wildman–Crippen MR) is 133 cm³/mol. The fraction of sp³-hybridized carbons (Fsp3) is 0.393. The fourth-order valence-electron chi connectivity index (χ4n) is 5.74. The van der Waals surface area contributed by atoms with Gasteiger partial charge in [-0.15, -0.1) is 0 Å². The van der Waals surface area contributed by atoms with Crippen molar-refractivity contribution in [2.24, 2.45) is 0 Å². The van der Waals surface area contributed by atoms with E-state index in [2.05, 4.69) is 4.98 Å². The highest BCUT2D eigenvalue weighted by Gasteiger charge is 2.57. The predicted octanol–water partition coefficient (Wildman–Crippen LogP) is 3.32. The molecule has 1 aromatic heterocycles. The van der Waals surface area contributed by atoms with E-state index in [1.165, 1.54) is 4.90 Å². The molecule has 186 valence electrons. The van der Waals surface area contributed by atoms with Gasteiger partial charge >= 0.3 is 0 Å². The van der Waals surface area contributed by atoms with Crippen molar-refractivity contribution in [3.63, 3.8) is 0 Å². The number of nitrogens with one attached hydrogen (secondary N) is 1. The van der Waals surface area contributed by atoms with Crippen molar-refractivity contribution in [1.29, 1.82) is 0 Å². The van der Waals surface area contributed by atoms with E-state index in [0.717, 1.165) is 40.8 Å². The number of rotatable bonds is 6. The molecule has 6 rings (SSSR count). The zero-order valence-electron chi connectivity index (χ0n) is 20.5. The molecule has 2 fully saturated rings. The summed E-state index contributed by atoms with van der Waals surface area (Å²) in [7, 11) is 3.22. The topological polar surface area (TPSA) is 91.9 Å². The molecule has 36 heavy (non-hydrogen) atoms. The Morgan fingerprint density at radius 1 is 1.06 bits per heavy atom. The number of carbonyl (C=O) groups is 3. The molecule has 0 bridgehead atoms. The number of H-pyrrole nitrogens is 1. The maximum atomic E-state index is 13.8. The molecule has 1 N–H and O–H groups in total. The molecule has 8 nitrogen and oxygen atoms in total. The van der Waals surface area contributed by atoms with Crippen LogP contribution in [0.1, 0.15) is 42.5 Å². The summed E-state index contributed by atoms with van der Waals surface area (Å²) in [5.74, 6) is 0.877. The lowest BCUT2D eigenvalue weighted by atomic mass is 9.75. The zero-order valence-corrected chi connectivity index (χ0v) is 20.5. The van der Waals surface area contributed by atoms with Gasteiger partial charge in [0.05, 0.1) is 19.6 Å². The number of benzene rings is 2. The van der Waals surface area contributed by atoms with Crippen LogP contribution in [-0.2, 0) is 32.8 Å². The van der Waals surface area contributed by atoms with Crippen molar-refractivity contribution < 1.29 is 23.9 Å². The van der Waals surface area contributed by atoms with Crippen LogP contribution in [0.5, 0.6) is 11.5 Å². The molecule has 2 aliphatic heterocycles. The van der Waals surface area contributed by atoms with Crippen LogP contribution in [0.15, 0.2) is 42.5 Å². The summed E-state index contributed by atoms with van der Waals surface area (Å²) < 4.78 is 10.7. The third kappa shape index (κ3) is 3.54. The summed E-state index contributed by atoms with van der Waals surface area (Å²) in [5, 5.41) is 1.04. The highest BCUT2D eigenvalue weighted by molar-refractivity contribution is 6.11. The average molecular weight is 488 g/mol. The van der Waals surface area contributed by atoms with Gasteiger partial charge in [0.1, 0.15) is 11.5 Å². The third-order valence-electron chi connectivity index (χ3n) is 7.89. The third-order valence-corrected chi connectivity index (χ3v) is 7.89. The van der Waals surface area contributed by atoms with E-state index in [4.69, 9.17) is 9.47 Å². The van der Waals surface area contributed by atoms with E-state index in [9.17, 15) is 14.4 Å². The van der Waals surface area contributed by atoms with Crippen LogP contribution in [0.25, 0.3) is 10.9 Å². The Balaban J connectivity index is 1.32. The van der Waals surface area contributed by atoms with Crippen molar-refractivity contribution in [2.75, 3.05) is 20.8 Å². The number of aromatic amines is 1. The van der Waals surface area contributed by atoms with E-state index in [0.29, 0.717) is 30.8 Å². The van der Waals surface area contributed by atoms with Gasteiger partial charge in [-0.25, -0.2) is 0 Å². The molecule has 1 unspecified atom stereocenters. The van der Waals surface area contributed by atoms with Gasteiger partial charge in [-0.1, -0.05) is 12.1 Å². The highest BCUT2D eigenvalue weighted by atomic mass is 16.5. The largest absolute Gasteiger partial charge is 0.497 e. The minimum absolute atomic E-state index is 0.0176. The van der Waals surface area contributed by atoms with Gasteiger partial charge in [-0.2, -0.15) is 0 Å². The number of aromatic nitrogens is 1. The van der Waals surface area contributed by atoms with Crippen molar-refractivity contribution in [3.8, 4) is 11.5 Å². The van der Waals surface area contributed by atoms with Crippen LogP contribution >= 0.6 is 0 Å². The molecule has 3 aliphatic rings. The molecule has 3 heterocycles. The molecule has 8 heteroatoms. The minimum atomic E-state index is -1.19. The van der Waals surface area contributed by atoms with E-state index in [1.807, 2.05) is 35.2 Å². The first kappa shape index (κ1) is 22.6. The molecule has 1 atom stereocenters. The zero-order chi connectivity index (χ0) is 25.0. The Morgan fingerprint density at radius 2 is 1.78 bits per heavy atom. The Kier molecular flexibility index (Phi) is 5.28. The first-order chi connectivity index (χ1) is 17.4. The monoisotopic (exact) mass is 487 g/mol. The quantitative estimate of drug-likeness (QED) is 0.539. The molecular weight excluding hydrogens is 458 g/mol. The number of ether oxygens (including phenoxy) is 2. The second kappa shape index (κ2) is 8.40. The van der Waals surface area contributed by atoms with Crippen LogP contribution in [0, 0.1) is 0 Å². The fourth-order valence-corrected chi connectivity index (χ4v) is 5.74. The van der Waals surface area contributed by atoms with Crippen LogP contribution in [0.4, 0.5) is 0 Å². The van der Waals surface area contributed by atoms with Gasteiger partial charge in [-0.3, -0.25) is 19.3 Å². The normalized spacial score (nSPS) is 21.7. The number of likely N-dealkylation sites (tertiary alicyclic amines) is 1. The molecule has 3 amide bonds. The summed E-state index contributed by atoms with van der Waals surface area (Å²) in [4.78, 5) is 47.3. The van der Waals surface area contributed by atoms with E-state index in [1.54, 1.807) is 26.4 Å². The molecule has 3 aromatic rings. The lowest BCUT2D eigenvalue weighted by Gasteiger charge is -2.32. The summed E-state index contributed by atoms with van der Waals surface area (Å²) in [5.41, 5.74) is 2.72. The Bertz CT molecular complexity index is 1370.